The number of H-pyrrole nitrogens is 1. The number of aromatic nitrogens is 4. The average Bonchev–Trinajstić information content (AvgIpc) is 2.82. The van der Waals surface area contributed by atoms with Crippen LogP contribution in [0.25, 0.3) is 44.6 Å². The molecule has 0 fully saturated rings. The molecule has 3 aromatic heterocycles. The van der Waals surface area contributed by atoms with Crippen molar-refractivity contribution in [3.63, 3.8) is 0 Å². The van der Waals surface area contributed by atoms with E-state index in [2.05, 4.69) is 19.9 Å². The topological polar surface area (TPSA) is 71.5 Å². The lowest BCUT2D eigenvalue weighted by Gasteiger charge is -2.13. The highest BCUT2D eigenvalue weighted by Crippen LogP contribution is 2.34. The van der Waals surface area contributed by atoms with Gasteiger partial charge in [0.25, 0.3) is 0 Å². The summed E-state index contributed by atoms with van der Waals surface area (Å²) in [4.78, 5) is 29.2. The van der Waals surface area contributed by atoms with Crippen LogP contribution >= 0.6 is 11.6 Å². The number of benzene rings is 2. The van der Waals surface area contributed by atoms with Crippen LogP contribution in [0.3, 0.4) is 0 Å². The van der Waals surface area contributed by atoms with Gasteiger partial charge in [-0.05, 0) is 24.6 Å². The quantitative estimate of drug-likeness (QED) is 0.325. The number of fused-ring (bicyclic) bond motifs is 2. The molecule has 1 N–H and O–H groups in total. The van der Waals surface area contributed by atoms with Crippen molar-refractivity contribution in [2.24, 2.45) is 0 Å². The second-order valence-electron chi connectivity index (χ2n) is 7.79. The highest BCUT2D eigenvalue weighted by Gasteiger charge is 2.27. The number of alkyl halides is 3. The number of rotatable bonds is 4. The standard InChI is InChI=1S/C25H16ClF3N4O/c26-18-12-16(11-15-7-4-10-30-20(15)18)22-21(14-5-2-1-3-6-14)33-24-23(32-22)19(34)13-17(31-24)8-9-25(27,28)29/h1-7,10-13H,8-9H2,(H,31,33,34). The van der Waals surface area contributed by atoms with Crippen LogP contribution in [0.5, 0.6) is 0 Å². The number of nitrogens with zero attached hydrogens (tertiary/aromatic N) is 3. The van der Waals surface area contributed by atoms with Crippen molar-refractivity contribution in [1.29, 1.82) is 0 Å². The van der Waals surface area contributed by atoms with Crippen molar-refractivity contribution in [3.8, 4) is 22.5 Å². The minimum atomic E-state index is -4.33. The Morgan fingerprint density at radius 2 is 1.65 bits per heavy atom. The van der Waals surface area contributed by atoms with Crippen LogP contribution in [0.15, 0.2) is 71.7 Å². The first kappa shape index (κ1) is 22.0. The average molecular weight is 481 g/mol. The van der Waals surface area contributed by atoms with Crippen LogP contribution < -0.4 is 5.43 Å². The van der Waals surface area contributed by atoms with Crippen molar-refractivity contribution < 1.29 is 13.2 Å². The normalized spacial score (nSPS) is 11.9. The summed E-state index contributed by atoms with van der Waals surface area (Å²) in [6.45, 7) is 0. The minimum Gasteiger partial charge on any atom is -0.342 e. The molecule has 0 aliphatic rings. The van der Waals surface area contributed by atoms with Crippen molar-refractivity contribution in [1.82, 2.24) is 19.9 Å². The van der Waals surface area contributed by atoms with Gasteiger partial charge in [-0.25, -0.2) is 9.97 Å². The molecule has 170 valence electrons. The highest BCUT2D eigenvalue weighted by molar-refractivity contribution is 6.35. The van der Waals surface area contributed by atoms with E-state index in [1.165, 1.54) is 0 Å². The van der Waals surface area contributed by atoms with E-state index >= 15 is 0 Å². The first-order valence-corrected chi connectivity index (χ1v) is 10.8. The summed E-state index contributed by atoms with van der Waals surface area (Å²) in [5.41, 5.74) is 2.71. The van der Waals surface area contributed by atoms with Crippen LogP contribution in [0.1, 0.15) is 12.1 Å². The van der Waals surface area contributed by atoms with E-state index in [0.29, 0.717) is 27.5 Å². The minimum absolute atomic E-state index is 0.0350. The van der Waals surface area contributed by atoms with Gasteiger partial charge in [-0.2, -0.15) is 13.2 Å². The molecule has 0 saturated carbocycles. The summed E-state index contributed by atoms with van der Waals surface area (Å²) in [5.74, 6) is 0. The van der Waals surface area contributed by atoms with Crippen LogP contribution in [0.2, 0.25) is 5.02 Å². The molecule has 0 spiro atoms. The third-order valence-corrected chi connectivity index (χ3v) is 5.66. The maximum Gasteiger partial charge on any atom is 0.389 e. The number of hydrogen-bond donors (Lipinski definition) is 1. The molecule has 2 aromatic carbocycles. The third kappa shape index (κ3) is 4.36. The second-order valence-corrected chi connectivity index (χ2v) is 8.20. The van der Waals surface area contributed by atoms with Gasteiger partial charge in [0, 0.05) is 40.9 Å². The molecule has 9 heteroatoms. The van der Waals surface area contributed by atoms with E-state index in [4.69, 9.17) is 11.6 Å². The van der Waals surface area contributed by atoms with Crippen molar-refractivity contribution in [2.75, 3.05) is 0 Å². The lowest BCUT2D eigenvalue weighted by atomic mass is 10.0. The molecule has 3 heterocycles. The molecule has 0 aliphatic carbocycles. The van der Waals surface area contributed by atoms with Gasteiger partial charge in [0.05, 0.1) is 21.9 Å². The van der Waals surface area contributed by atoms with Gasteiger partial charge in [-0.1, -0.05) is 48.0 Å². The molecule has 0 aliphatic heterocycles. The summed E-state index contributed by atoms with van der Waals surface area (Å²) in [7, 11) is 0. The fourth-order valence-corrected chi connectivity index (χ4v) is 4.08. The molecular formula is C25H16ClF3N4O. The number of hydrogen-bond acceptors (Lipinski definition) is 4. The first-order valence-electron chi connectivity index (χ1n) is 10.4. The Bertz CT molecular complexity index is 1580. The van der Waals surface area contributed by atoms with Gasteiger partial charge in [-0.15, -0.1) is 0 Å². The van der Waals surface area contributed by atoms with Gasteiger partial charge in [-0.3, -0.25) is 9.78 Å². The maximum absolute atomic E-state index is 12.8. The van der Waals surface area contributed by atoms with E-state index in [0.717, 1.165) is 17.0 Å². The smallest absolute Gasteiger partial charge is 0.342 e. The highest BCUT2D eigenvalue weighted by atomic mass is 35.5. The van der Waals surface area contributed by atoms with Gasteiger partial charge in [0.2, 0.25) is 5.43 Å². The molecule has 5 rings (SSSR count). The number of pyridine rings is 2. The Hall–Kier alpha value is -3.78. The third-order valence-electron chi connectivity index (χ3n) is 5.37. The molecule has 0 atom stereocenters. The Balaban J connectivity index is 1.74. The lowest BCUT2D eigenvalue weighted by Crippen LogP contribution is -2.13. The Labute approximate surface area is 196 Å². The Morgan fingerprint density at radius 3 is 2.41 bits per heavy atom. The zero-order chi connectivity index (χ0) is 23.9. The molecule has 0 saturated heterocycles. The first-order chi connectivity index (χ1) is 16.3. The van der Waals surface area contributed by atoms with Gasteiger partial charge in [0.15, 0.2) is 11.2 Å². The van der Waals surface area contributed by atoms with Crippen LogP contribution in [-0.4, -0.2) is 26.1 Å². The summed E-state index contributed by atoms with van der Waals surface area (Å²) in [6, 6.07) is 17.6. The van der Waals surface area contributed by atoms with Gasteiger partial charge >= 0.3 is 6.18 Å². The predicted molar refractivity (Wildman–Crippen MR) is 126 cm³/mol. The van der Waals surface area contributed by atoms with E-state index in [1.807, 2.05) is 42.5 Å². The van der Waals surface area contributed by atoms with Crippen LogP contribution in [0.4, 0.5) is 13.2 Å². The molecule has 0 amide bonds. The molecule has 0 bridgehead atoms. The zero-order valence-electron chi connectivity index (χ0n) is 17.5. The SMILES string of the molecule is O=c1cc(CCC(F)(F)F)[nH]c2nc(-c3ccccc3)c(-c3cc(Cl)c4ncccc4c3)nc12. The van der Waals surface area contributed by atoms with Crippen molar-refractivity contribution in [2.45, 2.75) is 19.0 Å². The molecule has 0 unspecified atom stereocenters. The summed E-state index contributed by atoms with van der Waals surface area (Å²) in [6.07, 6.45) is -4.09. The number of aromatic amines is 1. The Morgan fingerprint density at radius 1 is 0.882 bits per heavy atom. The molecule has 5 nitrogen and oxygen atoms in total. The van der Waals surface area contributed by atoms with Crippen LogP contribution in [-0.2, 0) is 6.42 Å². The monoisotopic (exact) mass is 480 g/mol. The van der Waals surface area contributed by atoms with E-state index < -0.39 is 18.0 Å². The van der Waals surface area contributed by atoms with Gasteiger partial charge < -0.3 is 4.98 Å². The molecule has 5 aromatic rings. The second kappa shape index (κ2) is 8.53. The fourth-order valence-electron chi connectivity index (χ4n) is 3.80. The number of aryl methyl sites for hydroxylation is 1. The maximum atomic E-state index is 12.8. The summed E-state index contributed by atoms with van der Waals surface area (Å²) >= 11 is 6.48. The molecular weight excluding hydrogens is 465 g/mol. The molecule has 34 heavy (non-hydrogen) atoms. The largest absolute Gasteiger partial charge is 0.389 e. The van der Waals surface area contributed by atoms with E-state index in [1.54, 1.807) is 18.3 Å². The van der Waals surface area contributed by atoms with Gasteiger partial charge in [0.1, 0.15) is 0 Å². The number of nitrogens with one attached hydrogen (secondary N) is 1. The van der Waals surface area contributed by atoms with E-state index in [-0.39, 0.29) is 23.3 Å². The van der Waals surface area contributed by atoms with Crippen molar-refractivity contribution in [3.05, 3.63) is 87.8 Å². The van der Waals surface area contributed by atoms with Crippen molar-refractivity contribution >= 4 is 33.7 Å². The predicted octanol–water partition coefficient (Wildman–Crippen LogP) is 6.35. The lowest BCUT2D eigenvalue weighted by molar-refractivity contribution is -0.134. The fraction of sp³-hybridized carbons (Fsp3) is 0.120. The molecule has 0 radical (unpaired) electrons. The van der Waals surface area contributed by atoms with Crippen LogP contribution in [0, 0.1) is 0 Å². The van der Waals surface area contributed by atoms with E-state index in [9.17, 15) is 18.0 Å². The Kier molecular flexibility index (Phi) is 5.53. The number of halogens is 4. The summed E-state index contributed by atoms with van der Waals surface area (Å²) in [5, 5.41) is 1.22. The summed E-state index contributed by atoms with van der Waals surface area (Å²) < 4.78 is 38.1. The zero-order valence-corrected chi connectivity index (χ0v) is 18.3.